The lowest BCUT2D eigenvalue weighted by Gasteiger charge is -2.22. The quantitative estimate of drug-likeness (QED) is 0.590. The van der Waals surface area contributed by atoms with E-state index in [2.05, 4.69) is 0 Å². The normalized spacial score (nSPS) is 10.1. The monoisotopic (exact) mass is 239 g/mol. The predicted octanol–water partition coefficient (Wildman–Crippen LogP) is 1.50. The number of amides is 1. The summed E-state index contributed by atoms with van der Waals surface area (Å²) in [7, 11) is 4.88. The molecule has 0 saturated carbocycles. The molecule has 0 aliphatic heterocycles. The van der Waals surface area contributed by atoms with Gasteiger partial charge in [-0.1, -0.05) is 6.07 Å². The molecule has 0 fully saturated rings. The van der Waals surface area contributed by atoms with E-state index in [1.807, 2.05) is 0 Å². The molecule has 0 radical (unpaired) electrons. The largest absolute Gasteiger partial charge is 0.429 e. The summed E-state index contributed by atoms with van der Waals surface area (Å²) in [6, 6.07) is 5.46. The van der Waals surface area contributed by atoms with E-state index in [-0.39, 0.29) is 11.4 Å². The van der Waals surface area contributed by atoms with Crippen LogP contribution in [0.4, 0.5) is 10.5 Å². The van der Waals surface area contributed by atoms with E-state index in [4.69, 9.17) is 4.74 Å². The molecule has 0 aliphatic rings. The van der Waals surface area contributed by atoms with E-state index >= 15 is 0 Å². The second-order valence-corrected chi connectivity index (χ2v) is 3.49. The molecule has 0 N–H and O–H groups in total. The summed E-state index contributed by atoms with van der Waals surface area (Å²) in [5.41, 5.74) is -0.122. The lowest BCUT2D eigenvalue weighted by molar-refractivity contribution is -0.384. The molecule has 0 spiro atoms. The third kappa shape index (κ3) is 3.42. The second kappa shape index (κ2) is 5.26. The third-order valence-corrected chi connectivity index (χ3v) is 2.10. The molecule has 1 rings (SSSR count). The Morgan fingerprint density at radius 2 is 2.00 bits per heavy atom. The molecule has 0 heterocycles. The van der Waals surface area contributed by atoms with Crippen LogP contribution in [0, 0.1) is 10.1 Å². The molecule has 92 valence electrons. The van der Waals surface area contributed by atoms with Gasteiger partial charge in [0.15, 0.2) is 0 Å². The summed E-state index contributed by atoms with van der Waals surface area (Å²) in [4.78, 5) is 21.5. The number of nitrogens with zero attached hydrogens (tertiary/aromatic N) is 3. The molecule has 0 aliphatic carbocycles. The highest BCUT2D eigenvalue weighted by Crippen LogP contribution is 2.19. The molecule has 0 bridgehead atoms. The predicted molar refractivity (Wildman–Crippen MR) is 60.6 cm³/mol. The van der Waals surface area contributed by atoms with Gasteiger partial charge in [0.25, 0.3) is 5.69 Å². The average molecular weight is 239 g/mol. The van der Waals surface area contributed by atoms with Gasteiger partial charge < -0.3 is 4.74 Å². The lowest BCUT2D eigenvalue weighted by atomic mass is 10.3. The summed E-state index contributed by atoms with van der Waals surface area (Å²) in [6.07, 6.45) is -0.615. The molecule has 7 heteroatoms. The summed E-state index contributed by atoms with van der Waals surface area (Å²) < 4.78 is 4.97. The van der Waals surface area contributed by atoms with Crippen molar-refractivity contribution in [2.75, 3.05) is 21.1 Å². The molecule has 1 aromatic carbocycles. The summed E-state index contributed by atoms with van der Waals surface area (Å²) in [6.45, 7) is 0. The zero-order valence-corrected chi connectivity index (χ0v) is 9.78. The van der Waals surface area contributed by atoms with Crippen LogP contribution in [0.2, 0.25) is 0 Å². The minimum Gasteiger partial charge on any atom is -0.409 e. The van der Waals surface area contributed by atoms with E-state index in [0.717, 1.165) is 0 Å². The van der Waals surface area contributed by atoms with Crippen molar-refractivity contribution < 1.29 is 14.5 Å². The Hall–Kier alpha value is -2.15. The second-order valence-electron chi connectivity index (χ2n) is 3.49. The van der Waals surface area contributed by atoms with Gasteiger partial charge >= 0.3 is 6.09 Å². The summed E-state index contributed by atoms with van der Waals surface area (Å²) in [5.74, 6) is 0.137. The summed E-state index contributed by atoms with van der Waals surface area (Å²) >= 11 is 0. The number of nitro groups is 1. The van der Waals surface area contributed by atoms with Crippen LogP contribution in [-0.4, -0.2) is 42.2 Å². The smallest absolute Gasteiger partial charge is 0.409 e. The first-order chi connectivity index (χ1) is 7.91. The topological polar surface area (TPSA) is 75.9 Å². The minimum atomic E-state index is -0.615. The van der Waals surface area contributed by atoms with Gasteiger partial charge in [-0.3, -0.25) is 10.1 Å². The van der Waals surface area contributed by atoms with Gasteiger partial charge in [0.2, 0.25) is 0 Å². The molecule has 7 nitrogen and oxygen atoms in total. The number of benzene rings is 1. The van der Waals surface area contributed by atoms with Crippen LogP contribution in [-0.2, 0) is 0 Å². The van der Waals surface area contributed by atoms with Crippen molar-refractivity contribution >= 4 is 11.8 Å². The van der Waals surface area contributed by atoms with Gasteiger partial charge in [-0.15, -0.1) is 0 Å². The van der Waals surface area contributed by atoms with Gasteiger partial charge in [-0.25, -0.2) is 14.8 Å². The SMILES string of the molecule is CN(C)N(C)C(=O)Oc1cccc([N+](=O)[O-])c1. The van der Waals surface area contributed by atoms with Crippen molar-refractivity contribution in [3.05, 3.63) is 34.4 Å². The van der Waals surface area contributed by atoms with Crippen molar-refractivity contribution in [2.45, 2.75) is 0 Å². The number of non-ortho nitro benzene ring substituents is 1. The van der Waals surface area contributed by atoms with E-state index in [1.165, 1.54) is 41.3 Å². The van der Waals surface area contributed by atoms with Gasteiger partial charge in [-0.05, 0) is 6.07 Å². The molecule has 0 saturated heterocycles. The Morgan fingerprint density at radius 3 is 2.53 bits per heavy atom. The van der Waals surface area contributed by atoms with Gasteiger partial charge in [0.05, 0.1) is 11.0 Å². The van der Waals surface area contributed by atoms with Crippen molar-refractivity contribution in [2.24, 2.45) is 0 Å². The Labute approximate surface area is 98.3 Å². The zero-order chi connectivity index (χ0) is 13.0. The minimum absolute atomic E-state index is 0.122. The number of carbonyl (C=O) groups excluding carboxylic acids is 1. The van der Waals surface area contributed by atoms with Gasteiger partial charge in [0.1, 0.15) is 5.75 Å². The zero-order valence-electron chi connectivity index (χ0n) is 9.78. The lowest BCUT2D eigenvalue weighted by Crippen LogP contribution is -2.40. The van der Waals surface area contributed by atoms with E-state index in [1.54, 1.807) is 14.1 Å². The Kier molecular flexibility index (Phi) is 4.00. The molecule has 17 heavy (non-hydrogen) atoms. The van der Waals surface area contributed by atoms with Gasteiger partial charge in [0, 0.05) is 27.2 Å². The van der Waals surface area contributed by atoms with E-state index in [9.17, 15) is 14.9 Å². The van der Waals surface area contributed by atoms with Crippen molar-refractivity contribution in [1.82, 2.24) is 10.0 Å². The molecule has 0 atom stereocenters. The first-order valence-corrected chi connectivity index (χ1v) is 4.79. The highest BCUT2D eigenvalue weighted by molar-refractivity contribution is 5.70. The first kappa shape index (κ1) is 12.9. The molecule has 0 unspecified atom stereocenters. The average Bonchev–Trinajstić information content (AvgIpc) is 2.28. The van der Waals surface area contributed by atoms with Crippen LogP contribution in [0.5, 0.6) is 5.75 Å². The number of hydrogen-bond donors (Lipinski definition) is 0. The van der Waals surface area contributed by atoms with Crippen molar-refractivity contribution in [3.63, 3.8) is 0 Å². The maximum Gasteiger partial charge on any atom is 0.429 e. The molecule has 1 aromatic rings. The van der Waals surface area contributed by atoms with E-state index < -0.39 is 11.0 Å². The molecule has 0 aromatic heterocycles. The van der Waals surface area contributed by atoms with Crippen LogP contribution in [0.25, 0.3) is 0 Å². The fraction of sp³-hybridized carbons (Fsp3) is 0.300. The maximum atomic E-state index is 11.5. The fourth-order valence-corrected chi connectivity index (χ4v) is 0.991. The van der Waals surface area contributed by atoms with Crippen LogP contribution < -0.4 is 4.74 Å². The Bertz CT molecular complexity index is 433. The summed E-state index contributed by atoms with van der Waals surface area (Å²) in [5, 5.41) is 13.3. The van der Waals surface area contributed by atoms with Crippen LogP contribution in [0.1, 0.15) is 0 Å². The van der Waals surface area contributed by atoms with Crippen LogP contribution in [0.15, 0.2) is 24.3 Å². The Morgan fingerprint density at radius 1 is 1.35 bits per heavy atom. The third-order valence-electron chi connectivity index (χ3n) is 2.10. The number of ether oxygens (including phenoxy) is 1. The number of hydrogen-bond acceptors (Lipinski definition) is 5. The fourth-order valence-electron chi connectivity index (χ4n) is 0.991. The highest BCUT2D eigenvalue weighted by Gasteiger charge is 2.14. The molecular formula is C10H13N3O4. The number of nitro benzene ring substituents is 1. The van der Waals surface area contributed by atoms with Crippen molar-refractivity contribution in [1.29, 1.82) is 0 Å². The first-order valence-electron chi connectivity index (χ1n) is 4.79. The Balaban J connectivity index is 2.78. The standard InChI is InChI=1S/C10H13N3O4/c1-11(2)12(3)10(14)17-9-6-4-5-8(7-9)13(15)16/h4-7H,1-3H3. The van der Waals surface area contributed by atoms with Crippen LogP contribution in [0.3, 0.4) is 0 Å². The van der Waals surface area contributed by atoms with Crippen LogP contribution >= 0.6 is 0 Å². The number of carbonyl (C=O) groups is 1. The highest BCUT2D eigenvalue weighted by atomic mass is 16.6. The number of hydrazine groups is 1. The van der Waals surface area contributed by atoms with E-state index in [0.29, 0.717) is 0 Å². The van der Waals surface area contributed by atoms with Gasteiger partial charge in [-0.2, -0.15) is 0 Å². The van der Waals surface area contributed by atoms with Crippen molar-refractivity contribution in [3.8, 4) is 5.75 Å². The molecular weight excluding hydrogens is 226 g/mol. The molecule has 1 amide bonds. The number of rotatable bonds is 3. The maximum absolute atomic E-state index is 11.5.